The fraction of sp³-hybridized carbons (Fsp3) is 0.333. The standard InChI is InChI=1S/C24H29FN4O6/c1-5-34-22(31)19(13-14-6-11-17(18(25)12-14)20(26)29-33)28-21(30)15-7-9-16(10-8-15)27-23(32)35-24(2,3)4/h6-12,19,33H,5,13H2,1-4H3,(H2,26,29)(H,27,32)(H,28,30). The molecule has 0 heterocycles. The van der Waals surface area contributed by atoms with Crippen molar-refractivity contribution in [1.29, 1.82) is 5.41 Å². The van der Waals surface area contributed by atoms with E-state index in [1.165, 1.54) is 36.4 Å². The van der Waals surface area contributed by atoms with Crippen LogP contribution in [0.4, 0.5) is 14.9 Å². The molecule has 0 spiro atoms. The molecule has 2 amide bonds. The second kappa shape index (κ2) is 11.9. The number of ether oxygens (including phenoxy) is 2. The van der Waals surface area contributed by atoms with E-state index in [0.29, 0.717) is 11.3 Å². The third kappa shape index (κ3) is 8.38. The van der Waals surface area contributed by atoms with E-state index < -0.39 is 41.3 Å². The van der Waals surface area contributed by atoms with Gasteiger partial charge >= 0.3 is 12.1 Å². The van der Waals surface area contributed by atoms with Crippen LogP contribution in [0, 0.1) is 11.2 Å². The Labute approximate surface area is 202 Å². The molecular weight excluding hydrogens is 459 g/mol. The molecule has 2 aromatic carbocycles. The maximum absolute atomic E-state index is 14.3. The molecule has 0 aliphatic rings. The highest BCUT2D eigenvalue weighted by Gasteiger charge is 2.24. The van der Waals surface area contributed by atoms with Crippen molar-refractivity contribution in [2.45, 2.75) is 45.8 Å². The monoisotopic (exact) mass is 488 g/mol. The lowest BCUT2D eigenvalue weighted by Crippen LogP contribution is -2.43. The molecule has 0 bridgehead atoms. The number of amidine groups is 1. The molecule has 0 radical (unpaired) electrons. The Kier molecular flexibility index (Phi) is 9.29. The highest BCUT2D eigenvalue weighted by Crippen LogP contribution is 2.15. The van der Waals surface area contributed by atoms with E-state index in [0.717, 1.165) is 6.07 Å². The van der Waals surface area contributed by atoms with Crippen molar-refractivity contribution in [2.75, 3.05) is 11.9 Å². The zero-order valence-electron chi connectivity index (χ0n) is 19.9. The Morgan fingerprint density at radius 1 is 1.11 bits per heavy atom. The molecule has 11 heteroatoms. The molecule has 2 aromatic rings. The van der Waals surface area contributed by atoms with Crippen LogP contribution < -0.4 is 16.1 Å². The van der Waals surface area contributed by atoms with E-state index in [1.54, 1.807) is 33.2 Å². The number of hydrogen-bond acceptors (Lipinski definition) is 7. The van der Waals surface area contributed by atoms with Crippen molar-refractivity contribution in [3.8, 4) is 0 Å². The van der Waals surface area contributed by atoms with Gasteiger partial charge in [0.15, 0.2) is 5.84 Å². The zero-order chi connectivity index (χ0) is 26.2. The Morgan fingerprint density at radius 2 is 1.77 bits per heavy atom. The molecule has 0 aliphatic heterocycles. The molecule has 0 saturated carbocycles. The van der Waals surface area contributed by atoms with Gasteiger partial charge in [0.25, 0.3) is 5.91 Å². The number of halogens is 1. The minimum absolute atomic E-state index is 0.0695. The molecule has 10 nitrogen and oxygen atoms in total. The van der Waals surface area contributed by atoms with Gasteiger partial charge in [0.2, 0.25) is 0 Å². The molecule has 1 atom stereocenters. The quantitative estimate of drug-likeness (QED) is 0.165. The van der Waals surface area contributed by atoms with Crippen LogP contribution in [0.2, 0.25) is 0 Å². The van der Waals surface area contributed by atoms with Crippen LogP contribution in [0.15, 0.2) is 42.5 Å². The molecule has 0 fully saturated rings. The van der Waals surface area contributed by atoms with Crippen LogP contribution in [0.3, 0.4) is 0 Å². The first-order chi connectivity index (χ1) is 16.4. The van der Waals surface area contributed by atoms with Gasteiger partial charge in [-0.3, -0.25) is 26.2 Å². The van der Waals surface area contributed by atoms with Gasteiger partial charge in [-0.15, -0.1) is 0 Å². The molecule has 188 valence electrons. The molecule has 2 rings (SSSR count). The molecule has 1 unspecified atom stereocenters. The van der Waals surface area contributed by atoms with E-state index in [-0.39, 0.29) is 24.2 Å². The lowest BCUT2D eigenvalue weighted by Gasteiger charge is -2.20. The predicted molar refractivity (Wildman–Crippen MR) is 126 cm³/mol. The van der Waals surface area contributed by atoms with Gasteiger partial charge in [-0.2, -0.15) is 0 Å². The lowest BCUT2D eigenvalue weighted by molar-refractivity contribution is -0.145. The van der Waals surface area contributed by atoms with Crippen molar-refractivity contribution in [1.82, 2.24) is 10.8 Å². The van der Waals surface area contributed by atoms with Gasteiger partial charge in [-0.25, -0.2) is 14.0 Å². The van der Waals surface area contributed by atoms with Crippen molar-refractivity contribution in [3.63, 3.8) is 0 Å². The third-order valence-corrected chi connectivity index (χ3v) is 4.52. The van der Waals surface area contributed by atoms with Gasteiger partial charge in [0.05, 0.1) is 12.2 Å². The Hall–Kier alpha value is -3.99. The summed E-state index contributed by atoms with van der Waals surface area (Å²) in [5.41, 5.74) is 1.75. The minimum atomic E-state index is -1.11. The number of hydroxylamine groups is 1. The van der Waals surface area contributed by atoms with Gasteiger partial charge in [0, 0.05) is 17.7 Å². The first kappa shape index (κ1) is 27.3. The summed E-state index contributed by atoms with van der Waals surface area (Å²) >= 11 is 0. The molecule has 0 aliphatic carbocycles. The van der Waals surface area contributed by atoms with Crippen molar-refractivity contribution in [2.24, 2.45) is 0 Å². The van der Waals surface area contributed by atoms with Crippen LogP contribution in [-0.4, -0.2) is 47.3 Å². The molecule has 0 aromatic heterocycles. The summed E-state index contributed by atoms with van der Waals surface area (Å²) in [6, 6.07) is 8.70. The van der Waals surface area contributed by atoms with E-state index in [2.05, 4.69) is 10.6 Å². The molecule has 0 saturated heterocycles. The number of benzene rings is 2. The van der Waals surface area contributed by atoms with E-state index >= 15 is 0 Å². The summed E-state index contributed by atoms with van der Waals surface area (Å²) in [5.74, 6) is -2.57. The number of anilines is 1. The predicted octanol–water partition coefficient (Wildman–Crippen LogP) is 3.38. The first-order valence-electron chi connectivity index (χ1n) is 10.8. The lowest BCUT2D eigenvalue weighted by atomic mass is 10.0. The summed E-state index contributed by atoms with van der Waals surface area (Å²) in [6.45, 7) is 6.92. The Morgan fingerprint density at radius 3 is 2.31 bits per heavy atom. The second-order valence-corrected chi connectivity index (χ2v) is 8.49. The topological polar surface area (TPSA) is 150 Å². The van der Waals surface area contributed by atoms with Crippen LogP contribution >= 0.6 is 0 Å². The number of amides is 2. The normalized spacial score (nSPS) is 11.7. The number of carbonyl (C=O) groups is 3. The summed E-state index contributed by atoms with van der Waals surface area (Å²) in [4.78, 5) is 37.1. The number of hydrogen-bond donors (Lipinski definition) is 5. The van der Waals surface area contributed by atoms with Crippen LogP contribution in [-0.2, 0) is 20.7 Å². The summed E-state index contributed by atoms with van der Waals surface area (Å²) in [5, 5.41) is 21.4. The van der Waals surface area contributed by atoms with Crippen molar-refractivity contribution >= 4 is 29.5 Å². The summed E-state index contributed by atoms with van der Waals surface area (Å²) in [6.07, 6.45) is -0.708. The zero-order valence-corrected chi connectivity index (χ0v) is 19.9. The van der Waals surface area contributed by atoms with E-state index in [4.69, 9.17) is 20.1 Å². The Bertz CT molecular complexity index is 1080. The largest absolute Gasteiger partial charge is 0.464 e. The summed E-state index contributed by atoms with van der Waals surface area (Å²) < 4.78 is 24.5. The van der Waals surface area contributed by atoms with Crippen LogP contribution in [0.25, 0.3) is 0 Å². The third-order valence-electron chi connectivity index (χ3n) is 4.52. The average Bonchev–Trinajstić information content (AvgIpc) is 2.77. The van der Waals surface area contributed by atoms with E-state index in [9.17, 15) is 18.8 Å². The fourth-order valence-electron chi connectivity index (χ4n) is 2.99. The summed E-state index contributed by atoms with van der Waals surface area (Å²) in [7, 11) is 0. The van der Waals surface area contributed by atoms with Crippen LogP contribution in [0.5, 0.6) is 0 Å². The van der Waals surface area contributed by atoms with Gasteiger partial charge < -0.3 is 14.8 Å². The fourth-order valence-corrected chi connectivity index (χ4v) is 2.99. The Balaban J connectivity index is 2.12. The van der Waals surface area contributed by atoms with Gasteiger partial charge in [0.1, 0.15) is 17.5 Å². The van der Waals surface area contributed by atoms with Gasteiger partial charge in [-0.1, -0.05) is 6.07 Å². The molecule has 5 N–H and O–H groups in total. The second-order valence-electron chi connectivity index (χ2n) is 8.49. The highest BCUT2D eigenvalue weighted by molar-refractivity contribution is 5.98. The highest BCUT2D eigenvalue weighted by atomic mass is 19.1. The average molecular weight is 489 g/mol. The number of nitrogens with one attached hydrogen (secondary N) is 4. The van der Waals surface area contributed by atoms with E-state index in [1.807, 2.05) is 0 Å². The molecular formula is C24H29FN4O6. The smallest absolute Gasteiger partial charge is 0.412 e. The SMILES string of the molecule is CCOC(=O)C(Cc1ccc(C(=N)NO)c(F)c1)NC(=O)c1ccc(NC(=O)OC(C)(C)C)cc1. The number of carbonyl (C=O) groups excluding carboxylic acids is 3. The van der Waals surface area contributed by atoms with Gasteiger partial charge in [-0.05, 0) is 69.7 Å². The first-order valence-corrected chi connectivity index (χ1v) is 10.8. The minimum Gasteiger partial charge on any atom is -0.464 e. The van der Waals surface area contributed by atoms with Crippen LogP contribution in [0.1, 0.15) is 49.2 Å². The molecule has 35 heavy (non-hydrogen) atoms. The van der Waals surface area contributed by atoms with Crippen molar-refractivity contribution < 1.29 is 33.5 Å². The number of rotatable bonds is 8. The maximum atomic E-state index is 14.3. The maximum Gasteiger partial charge on any atom is 0.412 e. The number of esters is 1. The van der Waals surface area contributed by atoms with Crippen molar-refractivity contribution in [3.05, 3.63) is 65.0 Å².